The number of rotatable bonds is 3. The lowest BCUT2D eigenvalue weighted by Crippen LogP contribution is -2.31. The van der Waals surface area contributed by atoms with E-state index in [4.69, 9.17) is 4.74 Å². The Hall–Kier alpha value is -2.30. The second-order valence-electron chi connectivity index (χ2n) is 3.81. The molecule has 18 heavy (non-hydrogen) atoms. The molecule has 2 amide bonds. The SMILES string of the molecule is CCN1C(=O)C(O)=C(c2ccc(OC)cc2)C1=O. The Morgan fingerprint density at radius 1 is 1.17 bits per heavy atom. The van der Waals surface area contributed by atoms with E-state index in [2.05, 4.69) is 0 Å². The third-order valence-corrected chi connectivity index (χ3v) is 2.84. The predicted octanol–water partition coefficient (Wildman–Crippen LogP) is 1.35. The van der Waals surface area contributed by atoms with Crippen LogP contribution in [0.3, 0.4) is 0 Å². The van der Waals surface area contributed by atoms with Gasteiger partial charge in [-0.15, -0.1) is 0 Å². The highest BCUT2D eigenvalue weighted by atomic mass is 16.5. The van der Waals surface area contributed by atoms with E-state index in [1.807, 2.05) is 0 Å². The van der Waals surface area contributed by atoms with Crippen molar-refractivity contribution < 1.29 is 19.4 Å². The predicted molar refractivity (Wildman–Crippen MR) is 64.9 cm³/mol. The standard InChI is InChI=1S/C13H13NO4/c1-3-14-12(16)10(11(15)13(14)17)8-4-6-9(18-2)7-5-8/h4-7,15H,3H2,1-2H3. The number of hydrogen-bond acceptors (Lipinski definition) is 4. The van der Waals surface area contributed by atoms with Crippen molar-refractivity contribution in [1.82, 2.24) is 4.90 Å². The van der Waals surface area contributed by atoms with E-state index in [0.717, 1.165) is 4.90 Å². The maximum atomic E-state index is 12.0. The number of imide groups is 1. The Labute approximate surface area is 104 Å². The third kappa shape index (κ3) is 1.73. The molecule has 0 radical (unpaired) electrons. The summed E-state index contributed by atoms with van der Waals surface area (Å²) in [6, 6.07) is 6.60. The first-order valence-electron chi connectivity index (χ1n) is 5.54. The smallest absolute Gasteiger partial charge is 0.296 e. The maximum absolute atomic E-state index is 12.0. The summed E-state index contributed by atoms with van der Waals surface area (Å²) in [7, 11) is 1.54. The summed E-state index contributed by atoms with van der Waals surface area (Å²) in [5, 5.41) is 9.75. The summed E-state index contributed by atoms with van der Waals surface area (Å²) in [6.45, 7) is 1.92. The number of carbonyl (C=O) groups excluding carboxylic acids is 2. The Morgan fingerprint density at radius 2 is 1.78 bits per heavy atom. The van der Waals surface area contributed by atoms with Gasteiger partial charge in [-0.2, -0.15) is 0 Å². The summed E-state index contributed by atoms with van der Waals surface area (Å²) in [6.07, 6.45) is 0. The van der Waals surface area contributed by atoms with E-state index in [-0.39, 0.29) is 12.1 Å². The number of ether oxygens (including phenoxy) is 1. The zero-order chi connectivity index (χ0) is 13.3. The molecule has 0 saturated heterocycles. The molecular formula is C13H13NO4. The van der Waals surface area contributed by atoms with Crippen molar-refractivity contribution in [3.8, 4) is 5.75 Å². The molecule has 0 spiro atoms. The van der Waals surface area contributed by atoms with Crippen LogP contribution in [0.2, 0.25) is 0 Å². The number of aliphatic hydroxyl groups is 1. The molecule has 5 nitrogen and oxygen atoms in total. The van der Waals surface area contributed by atoms with Crippen molar-refractivity contribution >= 4 is 17.4 Å². The lowest BCUT2D eigenvalue weighted by atomic mass is 10.1. The van der Waals surface area contributed by atoms with Gasteiger partial charge in [0.15, 0.2) is 5.76 Å². The van der Waals surface area contributed by atoms with Crippen LogP contribution in [0.15, 0.2) is 30.0 Å². The largest absolute Gasteiger partial charge is 0.502 e. The van der Waals surface area contributed by atoms with Crippen LogP contribution in [0.1, 0.15) is 12.5 Å². The second kappa shape index (κ2) is 4.52. The van der Waals surface area contributed by atoms with Crippen LogP contribution in [-0.2, 0) is 9.59 Å². The molecule has 0 unspecified atom stereocenters. The fraction of sp³-hybridized carbons (Fsp3) is 0.231. The van der Waals surface area contributed by atoms with Gasteiger partial charge in [-0.1, -0.05) is 12.1 Å². The number of benzene rings is 1. The summed E-state index contributed by atoms with van der Waals surface area (Å²) in [4.78, 5) is 24.6. The molecule has 1 aromatic rings. The van der Waals surface area contributed by atoms with Crippen molar-refractivity contribution in [3.05, 3.63) is 35.6 Å². The molecule has 5 heteroatoms. The molecule has 0 aliphatic carbocycles. The van der Waals surface area contributed by atoms with Gasteiger partial charge in [0.25, 0.3) is 11.8 Å². The first kappa shape index (κ1) is 12.2. The fourth-order valence-corrected chi connectivity index (χ4v) is 1.87. The summed E-state index contributed by atoms with van der Waals surface area (Å²) in [5.74, 6) is -0.964. The molecule has 0 fully saturated rings. The highest BCUT2D eigenvalue weighted by molar-refractivity contribution is 6.34. The van der Waals surface area contributed by atoms with Crippen LogP contribution < -0.4 is 4.74 Å². The Kier molecular flexibility index (Phi) is 3.06. The van der Waals surface area contributed by atoms with Gasteiger partial charge in [0.1, 0.15) is 5.75 Å². The molecule has 0 aromatic heterocycles. The fourth-order valence-electron chi connectivity index (χ4n) is 1.87. The minimum atomic E-state index is -0.645. The van der Waals surface area contributed by atoms with Crippen molar-refractivity contribution in [2.45, 2.75) is 6.92 Å². The van der Waals surface area contributed by atoms with E-state index >= 15 is 0 Å². The van der Waals surface area contributed by atoms with Gasteiger partial charge in [0.05, 0.1) is 12.7 Å². The van der Waals surface area contributed by atoms with Crippen LogP contribution in [0, 0.1) is 0 Å². The van der Waals surface area contributed by atoms with Gasteiger partial charge in [-0.05, 0) is 24.6 Å². The molecule has 94 valence electrons. The van der Waals surface area contributed by atoms with Crippen LogP contribution >= 0.6 is 0 Å². The zero-order valence-corrected chi connectivity index (χ0v) is 10.1. The Bertz CT molecular complexity index is 530. The molecule has 2 rings (SSSR count). The van der Waals surface area contributed by atoms with Crippen LogP contribution in [0.5, 0.6) is 5.75 Å². The van der Waals surface area contributed by atoms with Gasteiger partial charge >= 0.3 is 0 Å². The van der Waals surface area contributed by atoms with Gasteiger partial charge < -0.3 is 9.84 Å². The topological polar surface area (TPSA) is 66.8 Å². The first-order chi connectivity index (χ1) is 8.60. The van der Waals surface area contributed by atoms with Crippen LogP contribution in [-0.4, -0.2) is 35.5 Å². The van der Waals surface area contributed by atoms with Gasteiger partial charge in [0, 0.05) is 6.54 Å². The number of aliphatic hydroxyl groups excluding tert-OH is 1. The van der Waals surface area contributed by atoms with Crippen LogP contribution in [0.4, 0.5) is 0 Å². The summed E-state index contributed by atoms with van der Waals surface area (Å²) >= 11 is 0. The summed E-state index contributed by atoms with van der Waals surface area (Å²) < 4.78 is 5.01. The number of amides is 2. The third-order valence-electron chi connectivity index (χ3n) is 2.84. The number of likely N-dealkylation sites (N-methyl/N-ethyl adjacent to an activating group) is 1. The van der Waals surface area contributed by atoms with Gasteiger partial charge in [-0.25, -0.2) is 0 Å². The van der Waals surface area contributed by atoms with Crippen molar-refractivity contribution in [2.24, 2.45) is 0 Å². The average Bonchev–Trinajstić information content (AvgIpc) is 2.60. The van der Waals surface area contributed by atoms with Crippen molar-refractivity contribution in [3.63, 3.8) is 0 Å². The quantitative estimate of drug-likeness (QED) is 0.819. The van der Waals surface area contributed by atoms with E-state index in [1.165, 1.54) is 7.11 Å². The highest BCUT2D eigenvalue weighted by Gasteiger charge is 2.37. The molecule has 1 aliphatic rings. The Balaban J connectivity index is 2.43. The van der Waals surface area contributed by atoms with Crippen molar-refractivity contribution in [1.29, 1.82) is 0 Å². The molecular weight excluding hydrogens is 234 g/mol. The molecule has 1 N–H and O–H groups in total. The average molecular weight is 247 g/mol. The Morgan fingerprint density at radius 3 is 2.22 bits per heavy atom. The number of hydrogen-bond donors (Lipinski definition) is 1. The van der Waals surface area contributed by atoms with Crippen molar-refractivity contribution in [2.75, 3.05) is 13.7 Å². The van der Waals surface area contributed by atoms with E-state index in [1.54, 1.807) is 31.2 Å². The monoisotopic (exact) mass is 247 g/mol. The number of carbonyl (C=O) groups is 2. The number of methoxy groups -OCH3 is 1. The molecule has 1 heterocycles. The lowest BCUT2D eigenvalue weighted by Gasteiger charge is -2.10. The first-order valence-corrected chi connectivity index (χ1v) is 5.54. The zero-order valence-electron chi connectivity index (χ0n) is 10.1. The highest BCUT2D eigenvalue weighted by Crippen LogP contribution is 2.28. The molecule has 0 saturated carbocycles. The lowest BCUT2D eigenvalue weighted by molar-refractivity contribution is -0.137. The molecule has 0 bridgehead atoms. The summed E-state index contributed by atoms with van der Waals surface area (Å²) in [5.41, 5.74) is 0.548. The van der Waals surface area contributed by atoms with E-state index in [0.29, 0.717) is 11.3 Å². The van der Waals surface area contributed by atoms with Crippen LogP contribution in [0.25, 0.3) is 5.57 Å². The van der Waals surface area contributed by atoms with E-state index < -0.39 is 17.6 Å². The normalized spacial score (nSPS) is 15.6. The second-order valence-corrected chi connectivity index (χ2v) is 3.81. The van der Waals surface area contributed by atoms with Gasteiger partial charge in [-0.3, -0.25) is 14.5 Å². The molecule has 1 aromatic carbocycles. The number of nitrogens with zero attached hydrogens (tertiary/aromatic N) is 1. The molecule has 0 atom stereocenters. The minimum absolute atomic E-state index is 0.0458. The molecule has 1 aliphatic heterocycles. The van der Waals surface area contributed by atoms with E-state index in [9.17, 15) is 14.7 Å². The minimum Gasteiger partial charge on any atom is -0.502 e. The van der Waals surface area contributed by atoms with Gasteiger partial charge in [0.2, 0.25) is 0 Å². The maximum Gasteiger partial charge on any atom is 0.296 e.